The molecule has 0 rings (SSSR count). The van der Waals surface area contributed by atoms with Crippen LogP contribution in [0.25, 0.3) is 0 Å². The summed E-state index contributed by atoms with van der Waals surface area (Å²) in [6.45, 7) is 4.64. The van der Waals surface area contributed by atoms with Gasteiger partial charge in [-0.15, -0.1) is 0 Å². The van der Waals surface area contributed by atoms with Crippen LogP contribution in [0.15, 0.2) is 170 Å². The highest BCUT2D eigenvalue weighted by molar-refractivity contribution is 5.71. The number of carboxylic acids is 1. The highest BCUT2D eigenvalue weighted by atomic mass is 16.7. The molecule has 0 aliphatic carbocycles. The van der Waals surface area contributed by atoms with Gasteiger partial charge < -0.3 is 28.5 Å². The molecule has 514 valence electrons. The van der Waals surface area contributed by atoms with Gasteiger partial charge in [0.1, 0.15) is 13.2 Å². The summed E-state index contributed by atoms with van der Waals surface area (Å²) in [5.41, 5.74) is 0. The van der Waals surface area contributed by atoms with Crippen molar-refractivity contribution in [2.45, 2.75) is 283 Å². The number of likely N-dealkylation sites (N-methyl/N-ethyl adjacent to an activating group) is 1. The number of carbonyl (C=O) groups is 3. The maximum Gasteiger partial charge on any atom is 0.361 e. The number of carbonyl (C=O) groups excluding carboxylic acids is 2. The molecule has 91 heavy (non-hydrogen) atoms. The third-order valence-electron chi connectivity index (χ3n) is 15.0. The molecule has 0 aliphatic rings. The number of quaternary nitrogens is 1. The molecule has 1 N–H and O–H groups in total. The Morgan fingerprint density at radius 3 is 0.879 bits per heavy atom. The van der Waals surface area contributed by atoms with Crippen molar-refractivity contribution in [3.63, 3.8) is 0 Å². The fourth-order valence-corrected chi connectivity index (χ4v) is 9.50. The van der Waals surface area contributed by atoms with E-state index in [9.17, 15) is 19.5 Å². The maximum absolute atomic E-state index is 13.0. The first-order chi connectivity index (χ1) is 44.6. The van der Waals surface area contributed by atoms with Gasteiger partial charge in [0, 0.05) is 12.8 Å². The predicted octanol–water partition coefficient (Wildman–Crippen LogP) is 23.0. The first kappa shape index (κ1) is 85.7. The van der Waals surface area contributed by atoms with Crippen molar-refractivity contribution in [1.29, 1.82) is 0 Å². The molecule has 0 aliphatic heterocycles. The smallest absolute Gasteiger partial charge is 0.361 e. The van der Waals surface area contributed by atoms with E-state index in [1.54, 1.807) is 0 Å². The van der Waals surface area contributed by atoms with Crippen molar-refractivity contribution in [1.82, 2.24) is 0 Å². The van der Waals surface area contributed by atoms with E-state index >= 15 is 0 Å². The van der Waals surface area contributed by atoms with Gasteiger partial charge in [-0.1, -0.05) is 300 Å². The monoisotopic (exact) mass is 1260 g/mol. The highest BCUT2D eigenvalue weighted by Gasteiger charge is 2.25. The lowest BCUT2D eigenvalue weighted by Crippen LogP contribution is -2.40. The number of hydrogen-bond donors (Lipinski definition) is 1. The predicted molar refractivity (Wildman–Crippen MR) is 391 cm³/mol. The first-order valence-corrected chi connectivity index (χ1v) is 36.3. The zero-order valence-corrected chi connectivity index (χ0v) is 58.7. The van der Waals surface area contributed by atoms with Crippen LogP contribution in [0, 0.1) is 0 Å². The Labute approximate surface area is 558 Å². The zero-order valence-electron chi connectivity index (χ0n) is 58.7. The standard InChI is InChI=1S/C82H133NO8/c1-6-8-10-12-14-16-18-20-22-24-26-28-30-32-33-34-35-36-37-38-39-40-41-42-43-44-45-46-47-49-51-53-55-57-59-61-63-65-67-69-71-73-80(85)91-78(77-90-82(81(86)87)88-75-74-83(3,4)5)76-89-79(84)72-70-68-66-64-62-60-58-56-54-52-50-48-31-29-27-25-23-21-19-17-15-13-11-9-7-2/h8-11,14-17,20-23,26-29,32-33,35-36,38-39,41-42,44-45,48,50,78,82H,6-7,12-13,18-19,24-25,30-31,34,37,40,43,46-47,49,51-77H2,1-5H3/p+1/b10-8-,11-9-,16-14-,17-15-,22-20-,23-21-,28-26-,29-27-,33-32-,36-35-,39-38-,42-41-,45-44-,50-48-. The fraction of sp³-hybridized carbons (Fsp3) is 0.622. The Hall–Kier alpha value is -5.35. The molecule has 0 amide bonds. The van der Waals surface area contributed by atoms with E-state index < -0.39 is 24.3 Å². The van der Waals surface area contributed by atoms with Crippen LogP contribution in [-0.4, -0.2) is 87.4 Å². The number of allylic oxidation sites excluding steroid dienone is 28. The summed E-state index contributed by atoms with van der Waals surface area (Å²) in [4.78, 5) is 37.7. The zero-order chi connectivity index (χ0) is 66.1. The lowest BCUT2D eigenvalue weighted by molar-refractivity contribution is -0.870. The van der Waals surface area contributed by atoms with Crippen LogP contribution in [0.1, 0.15) is 271 Å². The molecular weight excluding hydrogens is 1130 g/mol. The molecule has 0 radical (unpaired) electrons. The molecule has 2 unspecified atom stereocenters. The van der Waals surface area contributed by atoms with Gasteiger partial charge in [-0.2, -0.15) is 0 Å². The Morgan fingerprint density at radius 2 is 0.593 bits per heavy atom. The van der Waals surface area contributed by atoms with E-state index in [0.717, 1.165) is 141 Å². The van der Waals surface area contributed by atoms with Crippen molar-refractivity contribution in [2.24, 2.45) is 0 Å². The second kappa shape index (κ2) is 70.5. The Bertz CT molecular complexity index is 2100. The largest absolute Gasteiger partial charge is 0.477 e. The molecule has 0 bridgehead atoms. The number of nitrogens with zero attached hydrogens (tertiary/aromatic N) is 1. The number of hydrogen-bond acceptors (Lipinski definition) is 7. The molecule has 0 fully saturated rings. The van der Waals surface area contributed by atoms with Crippen LogP contribution < -0.4 is 0 Å². The average molecular weight is 1260 g/mol. The summed E-state index contributed by atoms with van der Waals surface area (Å²) < 4.78 is 23.0. The van der Waals surface area contributed by atoms with Crippen LogP contribution in [0.4, 0.5) is 0 Å². The van der Waals surface area contributed by atoms with E-state index in [-0.39, 0.29) is 38.6 Å². The minimum Gasteiger partial charge on any atom is -0.477 e. The maximum atomic E-state index is 13.0. The summed E-state index contributed by atoms with van der Waals surface area (Å²) in [5, 5.41) is 9.75. The third kappa shape index (κ3) is 71.9. The lowest BCUT2D eigenvalue weighted by Gasteiger charge is -2.25. The summed E-state index contributed by atoms with van der Waals surface area (Å²) >= 11 is 0. The fourth-order valence-electron chi connectivity index (χ4n) is 9.50. The molecule has 0 saturated heterocycles. The quantitative estimate of drug-likeness (QED) is 0.0211. The molecule has 0 spiro atoms. The minimum atomic E-state index is -1.52. The van der Waals surface area contributed by atoms with Crippen molar-refractivity contribution in [3.8, 4) is 0 Å². The second-order valence-corrected chi connectivity index (χ2v) is 24.8. The summed E-state index contributed by atoms with van der Waals surface area (Å²) in [6, 6.07) is 0. The third-order valence-corrected chi connectivity index (χ3v) is 15.0. The van der Waals surface area contributed by atoms with Crippen LogP contribution in [0.5, 0.6) is 0 Å². The topological polar surface area (TPSA) is 108 Å². The van der Waals surface area contributed by atoms with Gasteiger partial charge in [0.15, 0.2) is 6.10 Å². The molecule has 0 saturated carbocycles. The van der Waals surface area contributed by atoms with E-state index in [0.29, 0.717) is 17.4 Å². The number of aliphatic carboxylic acids is 1. The van der Waals surface area contributed by atoms with Gasteiger partial charge in [-0.05, 0) is 128 Å². The van der Waals surface area contributed by atoms with Gasteiger partial charge in [0.2, 0.25) is 0 Å². The molecule has 9 heteroatoms. The van der Waals surface area contributed by atoms with Crippen molar-refractivity contribution in [3.05, 3.63) is 170 Å². The molecule has 0 aromatic rings. The normalized spacial score (nSPS) is 13.7. The molecular formula is C82H134NO8+. The number of ether oxygens (including phenoxy) is 4. The van der Waals surface area contributed by atoms with Gasteiger partial charge >= 0.3 is 17.9 Å². The number of carboxylic acid groups (broad SMARTS) is 1. The van der Waals surface area contributed by atoms with E-state index in [1.807, 2.05) is 21.1 Å². The van der Waals surface area contributed by atoms with E-state index in [2.05, 4.69) is 184 Å². The lowest BCUT2D eigenvalue weighted by atomic mass is 10.0. The molecule has 0 heterocycles. The number of rotatable bonds is 65. The van der Waals surface area contributed by atoms with Crippen molar-refractivity contribution >= 4 is 17.9 Å². The highest BCUT2D eigenvalue weighted by Crippen LogP contribution is 2.16. The van der Waals surface area contributed by atoms with Crippen molar-refractivity contribution < 1.29 is 42.9 Å². The Balaban J connectivity index is 4.13. The SMILES string of the molecule is CC/C=C\C/C=C\C/C=C\C/C=C\C/C=C\C/C=C\C/C=C\C/C=C\C/C=C\CCCCCCCCCCCCCCCC(=O)OC(COC(=O)CCCCCCCCCCC/C=C\C/C=C\C/C=C\C/C=C\C/C=C\CC)COC(OCC[N+](C)(C)C)C(=O)O. The summed E-state index contributed by atoms with van der Waals surface area (Å²) in [6.07, 6.45) is 103. The minimum absolute atomic E-state index is 0.179. The molecule has 0 aromatic heterocycles. The summed E-state index contributed by atoms with van der Waals surface area (Å²) in [7, 11) is 5.97. The molecule has 2 atom stereocenters. The molecule has 0 aromatic carbocycles. The second-order valence-electron chi connectivity index (χ2n) is 24.8. The average Bonchev–Trinajstić information content (AvgIpc) is 3.53. The van der Waals surface area contributed by atoms with Crippen LogP contribution in [0.3, 0.4) is 0 Å². The van der Waals surface area contributed by atoms with Gasteiger partial charge in [-0.25, -0.2) is 4.79 Å². The van der Waals surface area contributed by atoms with Crippen LogP contribution in [0.2, 0.25) is 0 Å². The Morgan fingerprint density at radius 1 is 0.330 bits per heavy atom. The Kier molecular flexibility index (Phi) is 66.4. The van der Waals surface area contributed by atoms with E-state index in [4.69, 9.17) is 18.9 Å². The van der Waals surface area contributed by atoms with Gasteiger partial charge in [0.05, 0.1) is 34.4 Å². The van der Waals surface area contributed by atoms with Crippen LogP contribution in [-0.2, 0) is 33.3 Å². The van der Waals surface area contributed by atoms with Gasteiger partial charge in [-0.3, -0.25) is 9.59 Å². The van der Waals surface area contributed by atoms with Crippen LogP contribution >= 0.6 is 0 Å². The first-order valence-electron chi connectivity index (χ1n) is 36.3. The van der Waals surface area contributed by atoms with Crippen molar-refractivity contribution in [2.75, 3.05) is 47.5 Å². The number of unbranched alkanes of at least 4 members (excludes halogenated alkanes) is 22. The number of esters is 2. The van der Waals surface area contributed by atoms with E-state index in [1.165, 1.54) is 96.3 Å². The molecule has 9 nitrogen and oxygen atoms in total. The van der Waals surface area contributed by atoms with Gasteiger partial charge in [0.25, 0.3) is 6.29 Å². The summed E-state index contributed by atoms with van der Waals surface area (Å²) in [5.74, 6) is -2.02.